The van der Waals surface area contributed by atoms with E-state index in [-0.39, 0.29) is 121 Å². The molecule has 6 atom stereocenters. The molecule has 2 N–H and O–H groups in total. The highest BCUT2D eigenvalue weighted by molar-refractivity contribution is 5.71. The van der Waals surface area contributed by atoms with Crippen LogP contribution in [0.2, 0.25) is 0 Å². The molecule has 12 rings (SSSR count). The van der Waals surface area contributed by atoms with Crippen LogP contribution in [0.25, 0.3) is 0 Å². The molecule has 12 aliphatic heterocycles. The van der Waals surface area contributed by atoms with E-state index in [1.54, 1.807) is 39.8 Å². The molecule has 444 valence electrons. The highest BCUT2D eigenvalue weighted by Crippen LogP contribution is 2.38. The van der Waals surface area contributed by atoms with Gasteiger partial charge in [-0.15, -0.1) is 0 Å². The van der Waals surface area contributed by atoms with Gasteiger partial charge in [-0.25, -0.2) is 0 Å². The first-order valence-electron chi connectivity index (χ1n) is 26.9. The second-order valence-electron chi connectivity index (χ2n) is 22.6. The summed E-state index contributed by atoms with van der Waals surface area (Å²) in [6.45, 7) is 24.7. The van der Waals surface area contributed by atoms with Crippen LogP contribution in [0.15, 0.2) is 25.3 Å². The molecular formula is C52H80O26. The first-order chi connectivity index (χ1) is 37.6. The van der Waals surface area contributed by atoms with Crippen molar-refractivity contribution in [3.8, 4) is 0 Å². The lowest BCUT2D eigenvalue weighted by atomic mass is 9.90. The normalized spacial score (nSPS) is 42.4. The Kier molecular flexibility index (Phi) is 21.0. The van der Waals surface area contributed by atoms with Crippen LogP contribution < -0.4 is 0 Å². The van der Waals surface area contributed by atoms with E-state index in [0.29, 0.717) is 119 Å². The highest BCUT2D eigenvalue weighted by Gasteiger charge is 2.51. The van der Waals surface area contributed by atoms with Gasteiger partial charge in [0.1, 0.15) is 49.8 Å². The average Bonchev–Trinajstić information content (AvgIpc) is 4.24. The van der Waals surface area contributed by atoms with Gasteiger partial charge in [0.05, 0.1) is 166 Å². The maximum absolute atomic E-state index is 11.4. The van der Waals surface area contributed by atoms with Crippen molar-refractivity contribution in [2.45, 2.75) is 115 Å². The molecule has 12 fully saturated rings. The summed E-state index contributed by atoms with van der Waals surface area (Å²) >= 11 is 0. The number of ether oxygens (including phenoxy) is 22. The van der Waals surface area contributed by atoms with Gasteiger partial charge in [0.25, 0.3) is 0 Å². The zero-order valence-electron chi connectivity index (χ0n) is 45.1. The van der Waals surface area contributed by atoms with Gasteiger partial charge in [0.2, 0.25) is 0 Å². The molecule has 0 aromatic rings. The van der Waals surface area contributed by atoms with Crippen LogP contribution in [0.3, 0.4) is 0 Å². The number of epoxide rings is 4. The predicted octanol–water partition coefficient (Wildman–Crippen LogP) is -0.0382. The summed E-state index contributed by atoms with van der Waals surface area (Å²) in [4.78, 5) is 22.8. The molecule has 12 aliphatic rings. The Hall–Kier alpha value is -2.46. The van der Waals surface area contributed by atoms with Crippen LogP contribution >= 0.6 is 0 Å². The van der Waals surface area contributed by atoms with Gasteiger partial charge in [-0.3, -0.25) is 9.59 Å². The fourth-order valence-electron chi connectivity index (χ4n) is 8.78. The topological polar surface area (TPSA) is 291 Å². The van der Waals surface area contributed by atoms with Crippen molar-refractivity contribution in [1.29, 1.82) is 0 Å². The third-order valence-corrected chi connectivity index (χ3v) is 14.3. The third kappa shape index (κ3) is 16.9. The first-order valence-corrected chi connectivity index (χ1v) is 26.9. The van der Waals surface area contributed by atoms with Crippen LogP contribution in [-0.2, 0) is 114 Å². The van der Waals surface area contributed by atoms with E-state index in [0.717, 1.165) is 13.2 Å². The van der Waals surface area contributed by atoms with E-state index in [1.165, 1.54) is 0 Å². The maximum atomic E-state index is 11.4. The smallest absolute Gasteiger partial charge is 0.308 e. The number of aliphatic hydroxyl groups excluding tert-OH is 2. The maximum Gasteiger partial charge on any atom is 0.308 e. The zero-order chi connectivity index (χ0) is 54.9. The largest absolute Gasteiger partial charge is 0.463 e. The van der Waals surface area contributed by atoms with E-state index in [2.05, 4.69) is 13.2 Å². The quantitative estimate of drug-likeness (QED) is 0.131. The Labute approximate surface area is 453 Å². The van der Waals surface area contributed by atoms with Crippen molar-refractivity contribution in [2.75, 3.05) is 145 Å². The molecule has 0 saturated carbocycles. The van der Waals surface area contributed by atoms with Crippen molar-refractivity contribution in [2.24, 2.45) is 33.5 Å². The fraction of sp³-hybridized carbons (Fsp3) is 0.885. The first kappa shape index (κ1) is 60.1. The van der Waals surface area contributed by atoms with Crippen LogP contribution in [0.4, 0.5) is 0 Å². The van der Waals surface area contributed by atoms with E-state index in [4.69, 9.17) is 104 Å². The van der Waals surface area contributed by atoms with E-state index < -0.39 is 24.8 Å². The molecular weight excluding hydrogens is 1040 g/mol. The summed E-state index contributed by atoms with van der Waals surface area (Å²) in [7, 11) is 0. The molecule has 12 heterocycles. The number of carbonyl (C=O) groups excluding carboxylic acids is 2. The van der Waals surface area contributed by atoms with Crippen molar-refractivity contribution in [3.63, 3.8) is 0 Å². The summed E-state index contributed by atoms with van der Waals surface area (Å²) in [5.74, 6) is -1.20. The van der Waals surface area contributed by atoms with Crippen LogP contribution in [-0.4, -0.2) is 254 Å². The standard InChI is InChI=1S/2C15H24O8.C11H16O6.C11H16O4/c2*1-9(2)12(17)19-3-10(16)13-20-5-15(6-21-13)7-22-14(23-8-15)11-4-18-11;1-7(12-1)9-14-3-11(4-15-9)5-16-10(17-6-11)8-2-13-8;1-3-9-12-5-11(6-13-9)7-14-10(4-2)15-8-11/h2*9-11,13-14,16H,3-8H2,1-2H3;7-10H,1-6H2;3-4,9-10H,1-2,5-8H2. The minimum Gasteiger partial charge on any atom is -0.463 e. The third-order valence-electron chi connectivity index (χ3n) is 14.3. The summed E-state index contributed by atoms with van der Waals surface area (Å²) < 4.78 is 120. The second-order valence-corrected chi connectivity index (χ2v) is 22.6. The molecule has 0 aromatic carbocycles. The second kappa shape index (κ2) is 27.3. The van der Waals surface area contributed by atoms with Crippen LogP contribution in [0.5, 0.6) is 0 Å². The van der Waals surface area contributed by atoms with Gasteiger partial charge < -0.3 is 114 Å². The monoisotopic (exact) mass is 1120 g/mol. The molecule has 12 saturated heterocycles. The van der Waals surface area contributed by atoms with Crippen LogP contribution in [0, 0.1) is 33.5 Å². The molecule has 4 spiro atoms. The van der Waals surface area contributed by atoms with Crippen molar-refractivity contribution >= 4 is 11.9 Å². The lowest BCUT2D eigenvalue weighted by molar-refractivity contribution is -0.320. The summed E-state index contributed by atoms with van der Waals surface area (Å²) in [5.41, 5.74) is -1.05. The molecule has 6 unspecified atom stereocenters. The lowest BCUT2D eigenvalue weighted by Crippen LogP contribution is -2.55. The molecule has 0 bridgehead atoms. The summed E-state index contributed by atoms with van der Waals surface area (Å²) in [6.07, 6.45) is -1.65. The van der Waals surface area contributed by atoms with E-state index in [1.807, 2.05) is 0 Å². The van der Waals surface area contributed by atoms with Crippen molar-refractivity contribution < 1.29 is 124 Å². The van der Waals surface area contributed by atoms with Gasteiger partial charge in [-0.1, -0.05) is 40.9 Å². The SMILES string of the molecule is C1OC1C1OCC2(CO1)COC(C1CO1)OC2.C=CC1OCC2(CO1)COC(C=C)OC2.CC(C)C(=O)OCC(O)C1OCC2(CO1)COC(C1CO1)OC2.CC(C)C(=O)OCC(O)C1OCC2(CO1)COC(C1CO1)OC2. The molecule has 0 aromatic heterocycles. The van der Waals surface area contributed by atoms with Crippen molar-refractivity contribution in [1.82, 2.24) is 0 Å². The Balaban J connectivity index is 0.000000128. The van der Waals surface area contributed by atoms with Gasteiger partial charge in [0, 0.05) is 0 Å². The van der Waals surface area contributed by atoms with Gasteiger partial charge in [-0.05, 0) is 12.2 Å². The predicted molar refractivity (Wildman–Crippen MR) is 258 cm³/mol. The molecule has 0 aliphatic carbocycles. The highest BCUT2D eigenvalue weighted by atomic mass is 16.8. The Morgan fingerprint density at radius 3 is 0.795 bits per heavy atom. The minimum atomic E-state index is -1.02. The minimum absolute atomic E-state index is 0.0444. The lowest BCUT2D eigenvalue weighted by Gasteiger charge is -2.44. The Bertz CT molecular complexity index is 1720. The number of carbonyl (C=O) groups is 2. The molecule has 0 radical (unpaired) electrons. The molecule has 26 heteroatoms. The number of hydrogen-bond acceptors (Lipinski definition) is 26. The van der Waals surface area contributed by atoms with Gasteiger partial charge in [0.15, 0.2) is 50.3 Å². The van der Waals surface area contributed by atoms with E-state index >= 15 is 0 Å². The molecule has 0 amide bonds. The molecule has 78 heavy (non-hydrogen) atoms. The molecule has 26 nitrogen and oxygen atoms in total. The van der Waals surface area contributed by atoms with Crippen LogP contribution in [0.1, 0.15) is 27.7 Å². The van der Waals surface area contributed by atoms with E-state index in [9.17, 15) is 19.8 Å². The van der Waals surface area contributed by atoms with Gasteiger partial charge >= 0.3 is 11.9 Å². The zero-order valence-corrected chi connectivity index (χ0v) is 45.1. The average molecular weight is 1120 g/mol. The Morgan fingerprint density at radius 1 is 0.397 bits per heavy atom. The summed E-state index contributed by atoms with van der Waals surface area (Å²) in [5, 5.41) is 20.0. The number of rotatable bonds is 14. The summed E-state index contributed by atoms with van der Waals surface area (Å²) in [6, 6.07) is 0. The van der Waals surface area contributed by atoms with Crippen molar-refractivity contribution in [3.05, 3.63) is 25.3 Å². The number of hydrogen-bond donors (Lipinski definition) is 2. The van der Waals surface area contributed by atoms with Gasteiger partial charge in [-0.2, -0.15) is 0 Å². The number of aliphatic hydroxyl groups is 2. The Morgan fingerprint density at radius 2 is 0.603 bits per heavy atom. The number of esters is 2. The fourth-order valence-corrected chi connectivity index (χ4v) is 8.78.